The van der Waals surface area contributed by atoms with Gasteiger partial charge in [-0.1, -0.05) is 72.2 Å². The van der Waals surface area contributed by atoms with E-state index in [1.165, 1.54) is 0 Å². The Morgan fingerprint density at radius 3 is 1.23 bits per heavy atom. The van der Waals surface area contributed by atoms with Crippen molar-refractivity contribution >= 4 is 0 Å². The standard InChI is InChI=1S/2C19H12N.C5H12O2.Ir/c2*1-3-7-16(8-4-1)11-12-17-13-14-20-19(15-17)18-9-5-2-6-10-18;1-4(6)3-5(2)7;/h2*1-9,13-15H;4-7H,3H2,1-2H3;/q2*-1;;. The van der Waals surface area contributed by atoms with Crippen LogP contribution in [0.3, 0.4) is 0 Å². The average Bonchev–Trinajstić information content (AvgIpc) is 3.12. The molecular weight excluding hydrogens is 769 g/mol. The van der Waals surface area contributed by atoms with Gasteiger partial charge < -0.3 is 20.2 Å². The van der Waals surface area contributed by atoms with Crippen LogP contribution in [-0.4, -0.2) is 32.4 Å². The summed E-state index contributed by atoms with van der Waals surface area (Å²) < 4.78 is 0. The van der Waals surface area contributed by atoms with Crippen LogP contribution in [0.4, 0.5) is 0 Å². The monoisotopic (exact) mass is 805 g/mol. The van der Waals surface area contributed by atoms with Crippen molar-refractivity contribution in [3.63, 3.8) is 0 Å². The normalized spacial score (nSPS) is 10.8. The summed E-state index contributed by atoms with van der Waals surface area (Å²) in [4.78, 5) is 8.73. The minimum absolute atomic E-state index is 0. The molecule has 2 unspecified atom stereocenters. The Labute approximate surface area is 298 Å². The maximum Gasteiger partial charge on any atom is 0.0536 e. The summed E-state index contributed by atoms with van der Waals surface area (Å²) in [6.45, 7) is 3.32. The summed E-state index contributed by atoms with van der Waals surface area (Å²) in [5.74, 6) is 12.6. The van der Waals surface area contributed by atoms with Crippen LogP contribution in [0.2, 0.25) is 0 Å². The van der Waals surface area contributed by atoms with E-state index in [9.17, 15) is 0 Å². The van der Waals surface area contributed by atoms with E-state index < -0.39 is 0 Å². The number of hydrogen-bond donors (Lipinski definition) is 2. The van der Waals surface area contributed by atoms with E-state index in [1.54, 1.807) is 26.2 Å². The molecule has 2 atom stereocenters. The van der Waals surface area contributed by atoms with Gasteiger partial charge in [-0.2, -0.15) is 0 Å². The van der Waals surface area contributed by atoms with Gasteiger partial charge in [-0.3, -0.25) is 0 Å². The quantitative estimate of drug-likeness (QED) is 0.140. The first kappa shape index (κ1) is 37.3. The zero-order valence-corrected chi connectivity index (χ0v) is 29.2. The van der Waals surface area contributed by atoms with Crippen molar-refractivity contribution in [2.45, 2.75) is 32.5 Å². The molecule has 48 heavy (non-hydrogen) atoms. The Hall–Kier alpha value is -5.13. The zero-order valence-electron chi connectivity index (χ0n) is 26.8. The first-order valence-electron chi connectivity index (χ1n) is 15.3. The molecule has 0 fully saturated rings. The van der Waals surface area contributed by atoms with Crippen molar-refractivity contribution in [1.29, 1.82) is 0 Å². The molecule has 6 rings (SSSR count). The third-order valence-corrected chi connectivity index (χ3v) is 6.42. The summed E-state index contributed by atoms with van der Waals surface area (Å²) >= 11 is 0. The number of aliphatic hydroxyl groups excluding tert-OH is 2. The minimum atomic E-state index is -0.375. The molecule has 5 heteroatoms. The van der Waals surface area contributed by atoms with Gasteiger partial charge in [0, 0.05) is 54.8 Å². The van der Waals surface area contributed by atoms with Crippen molar-refractivity contribution < 1.29 is 30.3 Å². The van der Waals surface area contributed by atoms with Crippen LogP contribution in [0, 0.1) is 35.8 Å². The van der Waals surface area contributed by atoms with E-state index >= 15 is 0 Å². The molecule has 4 aromatic carbocycles. The second-order valence-corrected chi connectivity index (χ2v) is 10.6. The molecule has 2 aromatic heterocycles. The van der Waals surface area contributed by atoms with Gasteiger partial charge in [-0.15, -0.1) is 71.8 Å². The molecule has 2 N–H and O–H groups in total. The third kappa shape index (κ3) is 13.7. The Balaban J connectivity index is 0.000000215. The van der Waals surface area contributed by atoms with Gasteiger partial charge >= 0.3 is 0 Å². The Kier molecular flexibility index (Phi) is 16.2. The molecule has 0 amide bonds. The van der Waals surface area contributed by atoms with Gasteiger partial charge in [0.15, 0.2) is 0 Å². The number of rotatable bonds is 4. The molecule has 0 saturated heterocycles. The van der Waals surface area contributed by atoms with Gasteiger partial charge in [-0.05, 0) is 68.1 Å². The fraction of sp³-hybridized carbons (Fsp3) is 0.116. The maximum absolute atomic E-state index is 8.56. The van der Waals surface area contributed by atoms with Crippen LogP contribution in [0.25, 0.3) is 22.5 Å². The molecule has 0 aliphatic carbocycles. The van der Waals surface area contributed by atoms with Crippen LogP contribution < -0.4 is 0 Å². The Morgan fingerprint density at radius 1 is 0.521 bits per heavy atom. The molecule has 0 saturated carbocycles. The first-order chi connectivity index (χ1) is 23.0. The second-order valence-electron chi connectivity index (χ2n) is 10.6. The van der Waals surface area contributed by atoms with Crippen LogP contribution in [0.1, 0.15) is 42.5 Å². The van der Waals surface area contributed by atoms with E-state index in [1.807, 2.05) is 133 Å². The minimum Gasteiger partial charge on any atom is -0.393 e. The van der Waals surface area contributed by atoms with E-state index in [0.29, 0.717) is 6.42 Å². The average molecular weight is 805 g/mol. The van der Waals surface area contributed by atoms with Gasteiger partial charge in [0.25, 0.3) is 0 Å². The van der Waals surface area contributed by atoms with E-state index in [0.717, 1.165) is 44.8 Å². The maximum atomic E-state index is 8.56. The molecule has 2 heterocycles. The second kappa shape index (κ2) is 20.9. The van der Waals surface area contributed by atoms with Crippen LogP contribution in [0.15, 0.2) is 146 Å². The number of hydrogen-bond acceptors (Lipinski definition) is 4. The topological polar surface area (TPSA) is 66.2 Å². The fourth-order valence-corrected chi connectivity index (χ4v) is 4.24. The predicted molar refractivity (Wildman–Crippen MR) is 190 cm³/mol. The fourth-order valence-electron chi connectivity index (χ4n) is 4.24. The molecule has 0 bridgehead atoms. The number of benzene rings is 4. The Bertz CT molecular complexity index is 1770. The Morgan fingerprint density at radius 2 is 0.896 bits per heavy atom. The molecule has 0 aliphatic heterocycles. The molecule has 1 radical (unpaired) electrons. The number of aromatic nitrogens is 2. The van der Waals surface area contributed by atoms with Crippen molar-refractivity contribution in [3.8, 4) is 46.2 Å². The van der Waals surface area contributed by atoms with Crippen LogP contribution in [-0.2, 0) is 20.1 Å². The molecule has 0 spiro atoms. The van der Waals surface area contributed by atoms with Crippen molar-refractivity contribution in [1.82, 2.24) is 9.97 Å². The molecule has 6 aromatic rings. The first-order valence-corrected chi connectivity index (χ1v) is 15.3. The van der Waals surface area contributed by atoms with Gasteiger partial charge in [0.2, 0.25) is 0 Å². The largest absolute Gasteiger partial charge is 0.393 e. The molecular formula is C43H36IrN2O2-2. The number of pyridine rings is 2. The van der Waals surface area contributed by atoms with Crippen LogP contribution in [0.5, 0.6) is 0 Å². The van der Waals surface area contributed by atoms with E-state index in [-0.39, 0.29) is 32.3 Å². The summed E-state index contributed by atoms with van der Waals surface area (Å²) in [5, 5.41) is 17.1. The number of aliphatic hydroxyl groups is 2. The van der Waals surface area contributed by atoms with Gasteiger partial charge in [0.05, 0.1) is 12.2 Å². The van der Waals surface area contributed by atoms with Crippen LogP contribution >= 0.6 is 0 Å². The van der Waals surface area contributed by atoms with Crippen molar-refractivity contribution in [2.75, 3.05) is 0 Å². The van der Waals surface area contributed by atoms with Gasteiger partial charge in [-0.25, -0.2) is 0 Å². The molecule has 0 aliphatic rings. The summed E-state index contributed by atoms with van der Waals surface area (Å²) in [6, 6.07) is 49.7. The molecule has 241 valence electrons. The summed E-state index contributed by atoms with van der Waals surface area (Å²) in [7, 11) is 0. The predicted octanol–water partition coefficient (Wildman–Crippen LogP) is 8.03. The zero-order chi connectivity index (χ0) is 33.1. The smallest absolute Gasteiger partial charge is 0.0536 e. The summed E-state index contributed by atoms with van der Waals surface area (Å²) in [5.41, 5.74) is 7.68. The SMILES string of the molecule is C(#Cc1ccnc(-c2[c-]cccc2)c1)c1ccccc1.C(#Cc1ccnc(-c2[c-]cccc2)c1)c1ccccc1.CC(O)CC(C)O.[Ir]. The van der Waals surface area contributed by atoms with Gasteiger partial charge in [0.1, 0.15) is 0 Å². The third-order valence-electron chi connectivity index (χ3n) is 6.42. The van der Waals surface area contributed by atoms with Crippen molar-refractivity contribution in [3.05, 3.63) is 180 Å². The number of nitrogens with zero attached hydrogens (tertiary/aromatic N) is 2. The van der Waals surface area contributed by atoms with E-state index in [2.05, 4.69) is 45.8 Å². The van der Waals surface area contributed by atoms with Crippen molar-refractivity contribution in [2.24, 2.45) is 0 Å². The summed E-state index contributed by atoms with van der Waals surface area (Å²) in [6.07, 6.45) is 3.29. The van der Waals surface area contributed by atoms with E-state index in [4.69, 9.17) is 10.2 Å². The molecule has 4 nitrogen and oxygen atoms in total.